The molecule has 1 saturated carbocycles. The zero-order chi connectivity index (χ0) is 25.7. The van der Waals surface area contributed by atoms with E-state index < -0.39 is 11.9 Å². The molecule has 3 heterocycles. The summed E-state index contributed by atoms with van der Waals surface area (Å²) in [7, 11) is 0. The highest BCUT2D eigenvalue weighted by Crippen LogP contribution is 2.42. The number of fused-ring (bicyclic) bond motifs is 2. The standard InChI is InChI=1S/C27H23ClFN5O3/c28-21-7-4-17(29)11-19(21)25-24-20(27(37)33-25)9-16(15-3-8-23-30-13-31-34(23)12-15)10-22(24)32-26(36)14-1-5-18(35)6-2-14/h3-4,7-14,18,25,35H,1-2,5-6H2,(H,32,36)(H,33,37). The third-order valence-electron chi connectivity index (χ3n) is 7.19. The van der Waals surface area contributed by atoms with Crippen LogP contribution in [-0.2, 0) is 4.79 Å². The summed E-state index contributed by atoms with van der Waals surface area (Å²) in [6.45, 7) is 0. The first-order chi connectivity index (χ1) is 17.9. The molecule has 8 nitrogen and oxygen atoms in total. The van der Waals surface area contributed by atoms with Gasteiger partial charge in [-0.3, -0.25) is 9.59 Å². The molecule has 188 valence electrons. The molecule has 2 amide bonds. The number of aliphatic hydroxyl groups excluding tert-OH is 1. The summed E-state index contributed by atoms with van der Waals surface area (Å²) in [5, 5.41) is 20.3. The molecule has 6 rings (SSSR count). The Bertz CT molecular complexity index is 1550. The predicted molar refractivity (Wildman–Crippen MR) is 136 cm³/mol. The minimum Gasteiger partial charge on any atom is -0.393 e. The number of pyridine rings is 1. The van der Waals surface area contributed by atoms with Gasteiger partial charge in [0.25, 0.3) is 5.91 Å². The third kappa shape index (κ3) is 4.34. The lowest BCUT2D eigenvalue weighted by atomic mass is 9.86. The van der Waals surface area contributed by atoms with Crippen LogP contribution < -0.4 is 10.6 Å². The van der Waals surface area contributed by atoms with Gasteiger partial charge in [-0.25, -0.2) is 13.9 Å². The molecular weight excluding hydrogens is 497 g/mol. The molecule has 10 heteroatoms. The Balaban J connectivity index is 1.47. The number of carbonyl (C=O) groups excluding carboxylic acids is 2. The van der Waals surface area contributed by atoms with Gasteiger partial charge >= 0.3 is 0 Å². The minimum atomic E-state index is -0.735. The summed E-state index contributed by atoms with van der Waals surface area (Å²) in [5.41, 5.74) is 3.91. The van der Waals surface area contributed by atoms with Crippen molar-refractivity contribution in [1.82, 2.24) is 19.9 Å². The Morgan fingerprint density at radius 2 is 1.92 bits per heavy atom. The van der Waals surface area contributed by atoms with Gasteiger partial charge in [-0.05, 0) is 73.7 Å². The van der Waals surface area contributed by atoms with Crippen LogP contribution in [0, 0.1) is 11.7 Å². The van der Waals surface area contributed by atoms with Gasteiger partial charge in [0, 0.05) is 45.1 Å². The summed E-state index contributed by atoms with van der Waals surface area (Å²) < 4.78 is 15.8. The number of amides is 2. The summed E-state index contributed by atoms with van der Waals surface area (Å²) in [4.78, 5) is 30.6. The van der Waals surface area contributed by atoms with Gasteiger partial charge in [0.15, 0.2) is 5.65 Å². The highest BCUT2D eigenvalue weighted by Gasteiger charge is 2.35. The second-order valence-electron chi connectivity index (χ2n) is 9.53. The van der Waals surface area contributed by atoms with Crippen LogP contribution in [-0.4, -0.2) is 37.6 Å². The van der Waals surface area contributed by atoms with Crippen molar-refractivity contribution in [2.75, 3.05) is 5.32 Å². The molecule has 0 bridgehead atoms. The highest BCUT2D eigenvalue weighted by atomic mass is 35.5. The molecule has 0 spiro atoms. The van der Waals surface area contributed by atoms with Crippen molar-refractivity contribution < 1.29 is 19.1 Å². The summed E-state index contributed by atoms with van der Waals surface area (Å²) >= 11 is 6.41. The van der Waals surface area contributed by atoms with Crippen molar-refractivity contribution >= 4 is 34.7 Å². The Kier molecular flexibility index (Phi) is 5.89. The molecule has 1 aliphatic carbocycles. The van der Waals surface area contributed by atoms with Gasteiger partial charge in [0.2, 0.25) is 5.91 Å². The quantitative estimate of drug-likeness (QED) is 0.367. The summed E-state index contributed by atoms with van der Waals surface area (Å²) in [5.74, 6) is -1.26. The van der Waals surface area contributed by atoms with Crippen molar-refractivity contribution in [3.63, 3.8) is 0 Å². The van der Waals surface area contributed by atoms with E-state index in [-0.39, 0.29) is 23.8 Å². The van der Waals surface area contributed by atoms with Crippen LogP contribution in [0.3, 0.4) is 0 Å². The maximum atomic E-state index is 14.2. The molecule has 1 fully saturated rings. The van der Waals surface area contributed by atoms with E-state index in [0.717, 1.165) is 5.56 Å². The van der Waals surface area contributed by atoms with Crippen LogP contribution in [0.25, 0.3) is 16.8 Å². The molecule has 3 N–H and O–H groups in total. The molecule has 1 aliphatic heterocycles. The van der Waals surface area contributed by atoms with E-state index in [2.05, 4.69) is 20.7 Å². The van der Waals surface area contributed by atoms with Gasteiger partial charge in [-0.2, -0.15) is 5.10 Å². The average Bonchev–Trinajstić information content (AvgIpc) is 3.50. The molecule has 1 unspecified atom stereocenters. The second-order valence-corrected chi connectivity index (χ2v) is 9.94. The number of benzene rings is 2. The number of nitrogens with one attached hydrogen (secondary N) is 2. The van der Waals surface area contributed by atoms with Crippen LogP contribution in [0.4, 0.5) is 10.1 Å². The Morgan fingerprint density at radius 3 is 2.73 bits per heavy atom. The summed E-state index contributed by atoms with van der Waals surface area (Å²) in [6.07, 6.45) is 5.15. The number of anilines is 1. The van der Waals surface area contributed by atoms with E-state index >= 15 is 0 Å². The van der Waals surface area contributed by atoms with Gasteiger partial charge < -0.3 is 15.7 Å². The topological polar surface area (TPSA) is 109 Å². The van der Waals surface area contributed by atoms with E-state index in [1.807, 2.05) is 18.2 Å². The van der Waals surface area contributed by atoms with Crippen molar-refractivity contribution in [3.05, 3.63) is 82.5 Å². The number of aliphatic hydroxyl groups is 1. The summed E-state index contributed by atoms with van der Waals surface area (Å²) in [6, 6.07) is 10.5. The zero-order valence-corrected chi connectivity index (χ0v) is 20.4. The highest BCUT2D eigenvalue weighted by molar-refractivity contribution is 6.31. The molecule has 2 aromatic heterocycles. The number of nitrogens with zero attached hydrogens (tertiary/aromatic N) is 3. The normalized spacial score (nSPS) is 21.1. The molecule has 2 aliphatic rings. The van der Waals surface area contributed by atoms with Crippen LogP contribution in [0.5, 0.6) is 0 Å². The fourth-order valence-electron chi connectivity index (χ4n) is 5.23. The SMILES string of the molecule is O=C1NC(c2cc(F)ccc2Cl)c2c(NC(=O)C3CCC(O)CC3)cc(-c3ccc4ncnn4c3)cc21. The van der Waals surface area contributed by atoms with Crippen LogP contribution >= 0.6 is 11.6 Å². The first kappa shape index (κ1) is 23.6. The number of hydrogen-bond donors (Lipinski definition) is 3. The van der Waals surface area contributed by atoms with Crippen LogP contribution in [0.2, 0.25) is 5.02 Å². The lowest BCUT2D eigenvalue weighted by molar-refractivity contribution is -0.121. The first-order valence-electron chi connectivity index (χ1n) is 12.1. The predicted octanol–water partition coefficient (Wildman–Crippen LogP) is 4.51. The van der Waals surface area contributed by atoms with E-state index in [0.29, 0.717) is 64.3 Å². The maximum absolute atomic E-state index is 14.2. The number of aromatic nitrogens is 3. The lowest BCUT2D eigenvalue weighted by Gasteiger charge is -2.25. The smallest absolute Gasteiger partial charge is 0.252 e. The minimum absolute atomic E-state index is 0.179. The number of rotatable bonds is 4. The number of hydrogen-bond acceptors (Lipinski definition) is 5. The van der Waals surface area contributed by atoms with Crippen LogP contribution in [0.15, 0.2) is 55.0 Å². The molecule has 4 aromatic rings. The lowest BCUT2D eigenvalue weighted by Crippen LogP contribution is -2.29. The van der Waals surface area contributed by atoms with Crippen molar-refractivity contribution in [3.8, 4) is 11.1 Å². The number of halogens is 2. The fraction of sp³-hybridized carbons (Fsp3) is 0.259. The van der Waals surface area contributed by atoms with E-state index in [1.165, 1.54) is 24.5 Å². The zero-order valence-electron chi connectivity index (χ0n) is 19.6. The van der Waals surface area contributed by atoms with E-state index in [9.17, 15) is 19.1 Å². The van der Waals surface area contributed by atoms with Crippen molar-refractivity contribution in [1.29, 1.82) is 0 Å². The Hall–Kier alpha value is -3.82. The monoisotopic (exact) mass is 519 g/mol. The van der Waals surface area contributed by atoms with Gasteiger partial charge in [0.1, 0.15) is 12.1 Å². The average molecular weight is 520 g/mol. The van der Waals surface area contributed by atoms with E-state index in [1.54, 1.807) is 16.8 Å². The second kappa shape index (κ2) is 9.24. The Labute approximate surface area is 216 Å². The maximum Gasteiger partial charge on any atom is 0.252 e. The molecule has 0 saturated heterocycles. The molecule has 0 radical (unpaired) electrons. The Morgan fingerprint density at radius 1 is 1.11 bits per heavy atom. The van der Waals surface area contributed by atoms with Gasteiger partial charge in [-0.15, -0.1) is 0 Å². The fourth-order valence-corrected chi connectivity index (χ4v) is 5.46. The molecular formula is C27H23ClFN5O3. The molecule has 2 aromatic carbocycles. The largest absolute Gasteiger partial charge is 0.393 e. The van der Waals surface area contributed by atoms with Gasteiger partial charge in [-0.1, -0.05) is 11.6 Å². The van der Waals surface area contributed by atoms with Crippen molar-refractivity contribution in [2.45, 2.75) is 37.8 Å². The third-order valence-corrected chi connectivity index (χ3v) is 7.53. The molecule has 37 heavy (non-hydrogen) atoms. The molecule has 1 atom stereocenters. The first-order valence-corrected chi connectivity index (χ1v) is 12.5. The van der Waals surface area contributed by atoms with E-state index in [4.69, 9.17) is 11.6 Å². The number of carbonyl (C=O) groups is 2. The van der Waals surface area contributed by atoms with Crippen LogP contribution in [0.1, 0.15) is 53.2 Å². The van der Waals surface area contributed by atoms with Gasteiger partial charge in [0.05, 0.1) is 12.1 Å². The van der Waals surface area contributed by atoms with Crippen molar-refractivity contribution in [2.24, 2.45) is 5.92 Å².